The molecule has 0 radical (unpaired) electrons. The van der Waals surface area contributed by atoms with E-state index in [-0.39, 0.29) is 5.79 Å². The molecule has 1 spiro atoms. The van der Waals surface area contributed by atoms with Crippen LogP contribution in [0.3, 0.4) is 0 Å². The molecule has 0 aliphatic carbocycles. The van der Waals surface area contributed by atoms with E-state index in [0.717, 1.165) is 32.0 Å². The van der Waals surface area contributed by atoms with Gasteiger partial charge in [-0.05, 0) is 30.1 Å². The van der Waals surface area contributed by atoms with Gasteiger partial charge in [0.1, 0.15) is 0 Å². The monoisotopic (exact) mass is 226 g/mol. The van der Waals surface area contributed by atoms with Gasteiger partial charge in [-0.1, -0.05) is 27.7 Å². The topological polar surface area (TPSA) is 18.5 Å². The lowest BCUT2D eigenvalue weighted by atomic mass is 9.78. The second-order valence-corrected chi connectivity index (χ2v) is 6.88. The van der Waals surface area contributed by atoms with Crippen molar-refractivity contribution in [2.45, 2.75) is 59.2 Å². The summed E-state index contributed by atoms with van der Waals surface area (Å²) in [5, 5.41) is 0. The number of rotatable bonds is 2. The van der Waals surface area contributed by atoms with E-state index in [2.05, 4.69) is 27.7 Å². The van der Waals surface area contributed by atoms with Crippen LogP contribution in [0.15, 0.2) is 0 Å². The second-order valence-electron chi connectivity index (χ2n) is 6.88. The van der Waals surface area contributed by atoms with Crippen LogP contribution in [0.5, 0.6) is 0 Å². The van der Waals surface area contributed by atoms with E-state index < -0.39 is 0 Å². The van der Waals surface area contributed by atoms with Crippen LogP contribution in [0.2, 0.25) is 0 Å². The lowest BCUT2D eigenvalue weighted by molar-refractivity contribution is -0.178. The summed E-state index contributed by atoms with van der Waals surface area (Å²) in [6, 6.07) is 0. The summed E-state index contributed by atoms with van der Waals surface area (Å²) in [7, 11) is 0. The molecule has 0 aromatic rings. The normalized spacial score (nSPS) is 37.1. The fourth-order valence-electron chi connectivity index (χ4n) is 3.22. The SMILES string of the molecule is CC(CC(C)(C)C)C1COC2(CCCO2)C1. The molecule has 2 aliphatic rings. The fraction of sp³-hybridized carbons (Fsp3) is 1.00. The van der Waals surface area contributed by atoms with Crippen LogP contribution in [0, 0.1) is 17.3 Å². The van der Waals surface area contributed by atoms with Crippen LogP contribution in [0.1, 0.15) is 53.4 Å². The van der Waals surface area contributed by atoms with Crippen molar-refractivity contribution >= 4 is 0 Å². The molecule has 2 nitrogen and oxygen atoms in total. The lowest BCUT2D eigenvalue weighted by Gasteiger charge is -2.27. The molecule has 2 aliphatic heterocycles. The highest BCUT2D eigenvalue weighted by atomic mass is 16.7. The van der Waals surface area contributed by atoms with E-state index >= 15 is 0 Å². The Morgan fingerprint density at radius 3 is 2.62 bits per heavy atom. The molecule has 0 aromatic heterocycles. The molecule has 0 saturated carbocycles. The quantitative estimate of drug-likeness (QED) is 0.716. The first-order valence-electron chi connectivity index (χ1n) is 6.68. The van der Waals surface area contributed by atoms with Gasteiger partial charge in [-0.15, -0.1) is 0 Å². The molecule has 2 saturated heterocycles. The molecule has 0 aromatic carbocycles. The highest BCUT2D eigenvalue weighted by Crippen LogP contribution is 2.43. The van der Waals surface area contributed by atoms with Gasteiger partial charge in [0, 0.05) is 12.8 Å². The van der Waals surface area contributed by atoms with Crippen LogP contribution in [0.4, 0.5) is 0 Å². The van der Waals surface area contributed by atoms with Crippen LogP contribution in [-0.2, 0) is 9.47 Å². The van der Waals surface area contributed by atoms with Crippen molar-refractivity contribution in [1.82, 2.24) is 0 Å². The van der Waals surface area contributed by atoms with Gasteiger partial charge in [-0.2, -0.15) is 0 Å². The van der Waals surface area contributed by atoms with Crippen molar-refractivity contribution in [3.8, 4) is 0 Å². The van der Waals surface area contributed by atoms with Crippen molar-refractivity contribution < 1.29 is 9.47 Å². The smallest absolute Gasteiger partial charge is 0.168 e. The van der Waals surface area contributed by atoms with E-state index in [1.807, 2.05) is 0 Å². The van der Waals surface area contributed by atoms with E-state index in [9.17, 15) is 0 Å². The second kappa shape index (κ2) is 4.30. The van der Waals surface area contributed by atoms with Gasteiger partial charge in [0.15, 0.2) is 5.79 Å². The van der Waals surface area contributed by atoms with Crippen molar-refractivity contribution in [3.63, 3.8) is 0 Å². The number of hydrogen-bond donors (Lipinski definition) is 0. The van der Waals surface area contributed by atoms with E-state index in [1.54, 1.807) is 0 Å². The first-order chi connectivity index (χ1) is 7.40. The zero-order valence-electron chi connectivity index (χ0n) is 11.2. The summed E-state index contributed by atoms with van der Waals surface area (Å²) in [5.41, 5.74) is 0.422. The molecule has 0 amide bonds. The Labute approximate surface area is 99.7 Å². The minimum Gasteiger partial charge on any atom is -0.350 e. The third-order valence-electron chi connectivity index (χ3n) is 3.94. The molecule has 0 bridgehead atoms. The van der Waals surface area contributed by atoms with E-state index in [1.165, 1.54) is 12.8 Å². The Kier molecular flexibility index (Phi) is 3.33. The maximum Gasteiger partial charge on any atom is 0.168 e. The predicted molar refractivity (Wildman–Crippen MR) is 65.2 cm³/mol. The van der Waals surface area contributed by atoms with E-state index in [4.69, 9.17) is 9.47 Å². The molecular formula is C14H26O2. The Morgan fingerprint density at radius 2 is 2.06 bits per heavy atom. The third-order valence-corrected chi connectivity index (χ3v) is 3.94. The van der Waals surface area contributed by atoms with Crippen molar-refractivity contribution in [2.75, 3.05) is 13.2 Å². The van der Waals surface area contributed by atoms with Gasteiger partial charge >= 0.3 is 0 Å². The fourth-order valence-corrected chi connectivity index (χ4v) is 3.22. The van der Waals surface area contributed by atoms with Gasteiger partial charge in [-0.3, -0.25) is 0 Å². The highest BCUT2D eigenvalue weighted by molar-refractivity contribution is 4.87. The molecule has 0 N–H and O–H groups in total. The third kappa shape index (κ3) is 2.78. The van der Waals surface area contributed by atoms with Gasteiger partial charge in [-0.25, -0.2) is 0 Å². The number of hydrogen-bond acceptors (Lipinski definition) is 2. The van der Waals surface area contributed by atoms with Crippen LogP contribution < -0.4 is 0 Å². The molecule has 2 heterocycles. The molecular weight excluding hydrogens is 200 g/mol. The molecule has 2 fully saturated rings. The Bertz CT molecular complexity index is 236. The van der Waals surface area contributed by atoms with Crippen molar-refractivity contribution in [3.05, 3.63) is 0 Å². The largest absolute Gasteiger partial charge is 0.350 e. The zero-order valence-corrected chi connectivity index (χ0v) is 11.2. The van der Waals surface area contributed by atoms with Gasteiger partial charge in [0.25, 0.3) is 0 Å². The first kappa shape index (κ1) is 12.4. The Morgan fingerprint density at radius 1 is 1.31 bits per heavy atom. The molecule has 94 valence electrons. The molecule has 2 rings (SSSR count). The lowest BCUT2D eigenvalue weighted by Crippen LogP contribution is -2.26. The van der Waals surface area contributed by atoms with Gasteiger partial charge in [0.2, 0.25) is 0 Å². The summed E-state index contributed by atoms with van der Waals surface area (Å²) < 4.78 is 11.7. The average molecular weight is 226 g/mol. The zero-order chi connectivity index (χ0) is 11.8. The Hall–Kier alpha value is -0.0800. The predicted octanol–water partition coefficient (Wildman–Crippen LogP) is 3.60. The maximum atomic E-state index is 5.93. The molecule has 3 unspecified atom stereocenters. The molecule has 16 heavy (non-hydrogen) atoms. The van der Waals surface area contributed by atoms with Gasteiger partial charge < -0.3 is 9.47 Å². The summed E-state index contributed by atoms with van der Waals surface area (Å²) in [5.74, 6) is 1.25. The van der Waals surface area contributed by atoms with E-state index in [0.29, 0.717) is 11.3 Å². The average Bonchev–Trinajstić information content (AvgIpc) is 2.74. The standard InChI is InChI=1S/C14H26O2/c1-11(8-13(2,3)4)12-9-14(16-10-12)6-5-7-15-14/h11-12H,5-10H2,1-4H3. The highest BCUT2D eigenvalue weighted by Gasteiger charge is 2.45. The van der Waals surface area contributed by atoms with Crippen LogP contribution in [0.25, 0.3) is 0 Å². The van der Waals surface area contributed by atoms with Crippen LogP contribution in [-0.4, -0.2) is 19.0 Å². The summed E-state index contributed by atoms with van der Waals surface area (Å²) >= 11 is 0. The Balaban J connectivity index is 1.88. The summed E-state index contributed by atoms with van der Waals surface area (Å²) in [6.45, 7) is 11.1. The minimum absolute atomic E-state index is 0.184. The summed E-state index contributed by atoms with van der Waals surface area (Å²) in [4.78, 5) is 0. The van der Waals surface area contributed by atoms with Crippen LogP contribution >= 0.6 is 0 Å². The molecule has 2 heteroatoms. The maximum absolute atomic E-state index is 5.93. The minimum atomic E-state index is -0.184. The van der Waals surface area contributed by atoms with Gasteiger partial charge in [0.05, 0.1) is 13.2 Å². The van der Waals surface area contributed by atoms with Crippen molar-refractivity contribution in [2.24, 2.45) is 17.3 Å². The molecule has 3 atom stereocenters. The van der Waals surface area contributed by atoms with Crippen molar-refractivity contribution in [1.29, 1.82) is 0 Å². The first-order valence-corrected chi connectivity index (χ1v) is 6.68. The number of ether oxygens (including phenoxy) is 2. The summed E-state index contributed by atoms with van der Waals surface area (Å²) in [6.07, 6.45) is 4.66.